The molecule has 0 saturated heterocycles. The third-order valence-electron chi connectivity index (χ3n) is 3.82. The molecule has 0 aromatic rings. The Kier molecular flexibility index (Phi) is 41.2. The highest BCUT2D eigenvalue weighted by Gasteiger charge is 2.13. The monoisotopic (exact) mass is 732 g/mol. The van der Waals surface area contributed by atoms with Crippen molar-refractivity contribution in [3.8, 4) is 0 Å². The summed E-state index contributed by atoms with van der Waals surface area (Å²) in [6.07, 6.45) is 0. The van der Waals surface area contributed by atoms with Crippen LogP contribution in [0.3, 0.4) is 0 Å². The number of rotatable bonds is 24. The van der Waals surface area contributed by atoms with Crippen LogP contribution in [0.1, 0.15) is 0 Å². The summed E-state index contributed by atoms with van der Waals surface area (Å²) in [6.45, 7) is 0. The summed E-state index contributed by atoms with van der Waals surface area (Å²) in [5, 5.41) is 2.60. The van der Waals surface area contributed by atoms with Gasteiger partial charge in [-0.3, -0.25) is 0 Å². The van der Waals surface area contributed by atoms with Gasteiger partial charge in [-0.25, -0.2) is 0 Å². The standard InChI is InChI=1S/2C10H22S7/c2*11-1-3-15-7-9(5-13)17-8-10(6-14)16-4-2-12/h2*9-14H,1-8H2. The normalized spacial score (nSPS) is 14.8. The molecule has 0 nitrogen and oxygen atoms in total. The van der Waals surface area contributed by atoms with Crippen molar-refractivity contribution in [1.82, 2.24) is 0 Å². The second-order valence-corrected chi connectivity index (χ2v) is 17.7. The van der Waals surface area contributed by atoms with E-state index in [1.165, 1.54) is 23.0 Å². The Hall–Kier alpha value is 4.90. The molecular weight excluding hydrogens is 689 g/mol. The molecule has 0 aliphatic rings. The van der Waals surface area contributed by atoms with Gasteiger partial charge in [-0.1, -0.05) is 0 Å². The van der Waals surface area contributed by atoms with Gasteiger partial charge in [-0.2, -0.15) is 172 Å². The molecule has 208 valence electrons. The summed E-state index contributed by atoms with van der Waals surface area (Å²) < 4.78 is 0. The van der Waals surface area contributed by atoms with Crippen LogP contribution in [0.4, 0.5) is 0 Å². The molecule has 0 saturated carbocycles. The van der Waals surface area contributed by atoms with Crippen LogP contribution < -0.4 is 0 Å². The molecule has 34 heavy (non-hydrogen) atoms. The largest absolute Gasteiger partial charge is 0.179 e. The van der Waals surface area contributed by atoms with Crippen LogP contribution in [0.5, 0.6) is 0 Å². The van der Waals surface area contributed by atoms with Gasteiger partial charge >= 0.3 is 0 Å². The summed E-state index contributed by atoms with van der Waals surface area (Å²) in [7, 11) is 0. The lowest BCUT2D eigenvalue weighted by Gasteiger charge is -2.18. The van der Waals surface area contributed by atoms with Gasteiger partial charge in [-0.15, -0.1) is 0 Å². The molecule has 0 bridgehead atoms. The van der Waals surface area contributed by atoms with E-state index in [1.54, 1.807) is 0 Å². The van der Waals surface area contributed by atoms with Gasteiger partial charge in [-0.05, 0) is 23.0 Å². The molecule has 0 aromatic carbocycles. The highest BCUT2D eigenvalue weighted by atomic mass is 32.2. The maximum atomic E-state index is 4.43. The minimum atomic E-state index is 0.646. The molecule has 0 heterocycles. The maximum Gasteiger partial charge on any atom is 0.0226 e. The SMILES string of the molecule is SCCSCC(CS)SCC(CS)SCCS.SCCSCC(CS)SCC(CS)SCCS. The van der Waals surface area contributed by atoms with Crippen molar-refractivity contribution in [2.45, 2.75) is 21.0 Å². The van der Waals surface area contributed by atoms with Crippen LogP contribution >= 0.6 is 172 Å². The Labute approximate surface area is 281 Å². The topological polar surface area (TPSA) is 0 Å². The van der Waals surface area contributed by atoms with Gasteiger partial charge in [0.2, 0.25) is 0 Å². The third-order valence-corrected chi connectivity index (χ3v) is 17.1. The van der Waals surface area contributed by atoms with Crippen LogP contribution in [0.25, 0.3) is 0 Å². The van der Waals surface area contributed by atoms with E-state index in [4.69, 9.17) is 0 Å². The van der Waals surface area contributed by atoms with Crippen molar-refractivity contribution < 1.29 is 0 Å². The van der Waals surface area contributed by atoms with Crippen molar-refractivity contribution in [1.29, 1.82) is 0 Å². The zero-order chi connectivity index (χ0) is 25.9. The molecule has 0 aliphatic heterocycles. The molecule has 0 N–H and O–H groups in total. The molecule has 0 fully saturated rings. The minimum absolute atomic E-state index is 0.646. The highest BCUT2D eigenvalue weighted by molar-refractivity contribution is 8.06. The lowest BCUT2D eigenvalue weighted by atomic mass is 10.5. The first-order valence-corrected chi connectivity index (χ1v) is 22.6. The predicted octanol–water partition coefficient (Wildman–Crippen LogP) is 7.28. The van der Waals surface area contributed by atoms with Gasteiger partial charge in [0, 0.05) is 90.0 Å². The Morgan fingerprint density at radius 1 is 0.353 bits per heavy atom. The van der Waals surface area contributed by atoms with E-state index in [0.29, 0.717) is 21.0 Å². The summed E-state index contributed by atoms with van der Waals surface area (Å²) in [6, 6.07) is 0. The summed E-state index contributed by atoms with van der Waals surface area (Å²) >= 11 is 46.6. The average Bonchev–Trinajstić information content (AvgIpc) is 2.87. The fourth-order valence-corrected chi connectivity index (χ4v) is 12.4. The van der Waals surface area contributed by atoms with E-state index < -0.39 is 0 Å². The van der Waals surface area contributed by atoms with E-state index in [0.717, 1.165) is 69.0 Å². The van der Waals surface area contributed by atoms with E-state index in [1.807, 2.05) is 70.6 Å². The average molecular weight is 734 g/mol. The Morgan fingerprint density at radius 3 is 0.912 bits per heavy atom. The van der Waals surface area contributed by atoms with E-state index in [-0.39, 0.29) is 0 Å². The van der Waals surface area contributed by atoms with Crippen LogP contribution in [0, 0.1) is 0 Å². The first kappa shape index (κ1) is 41.0. The maximum absolute atomic E-state index is 4.43. The van der Waals surface area contributed by atoms with Crippen LogP contribution in [0.15, 0.2) is 0 Å². The van der Waals surface area contributed by atoms with Crippen molar-refractivity contribution in [2.24, 2.45) is 0 Å². The summed E-state index contributed by atoms with van der Waals surface area (Å²) in [5.41, 5.74) is 0. The van der Waals surface area contributed by atoms with E-state index >= 15 is 0 Å². The second kappa shape index (κ2) is 34.1. The lowest BCUT2D eigenvalue weighted by Crippen LogP contribution is -2.16. The molecule has 4 unspecified atom stereocenters. The van der Waals surface area contributed by atoms with Crippen LogP contribution in [-0.2, 0) is 0 Å². The number of hydrogen-bond donors (Lipinski definition) is 8. The molecular formula is C20H44S14. The Morgan fingerprint density at radius 2 is 0.647 bits per heavy atom. The Balaban J connectivity index is 0. The van der Waals surface area contributed by atoms with Gasteiger partial charge in [0.15, 0.2) is 0 Å². The van der Waals surface area contributed by atoms with Gasteiger partial charge < -0.3 is 0 Å². The zero-order valence-electron chi connectivity index (χ0n) is 19.7. The number of thiol groups is 8. The molecule has 0 radical (unpaired) electrons. The summed E-state index contributed by atoms with van der Waals surface area (Å²) in [4.78, 5) is 0. The van der Waals surface area contributed by atoms with Crippen molar-refractivity contribution in [3.05, 3.63) is 0 Å². The van der Waals surface area contributed by atoms with E-state index in [2.05, 4.69) is 101 Å². The third kappa shape index (κ3) is 28.4. The molecule has 4 atom stereocenters. The second-order valence-electron chi connectivity index (χ2n) is 6.67. The highest BCUT2D eigenvalue weighted by Crippen LogP contribution is 2.25. The Bertz CT molecular complexity index is 345. The summed E-state index contributed by atoms with van der Waals surface area (Å²) in [5.74, 6) is 16.9. The number of hydrogen-bond acceptors (Lipinski definition) is 14. The first-order valence-electron chi connectivity index (χ1n) is 11.0. The van der Waals surface area contributed by atoms with Crippen LogP contribution in [0.2, 0.25) is 0 Å². The molecule has 0 aromatic heterocycles. The first-order chi connectivity index (χ1) is 16.6. The molecule has 14 heteroatoms. The van der Waals surface area contributed by atoms with Gasteiger partial charge in [0.05, 0.1) is 0 Å². The fraction of sp³-hybridized carbons (Fsp3) is 1.00. The van der Waals surface area contributed by atoms with Crippen molar-refractivity contribution in [3.63, 3.8) is 0 Å². The molecule has 0 amide bonds. The van der Waals surface area contributed by atoms with Crippen molar-refractivity contribution in [2.75, 3.05) is 92.0 Å². The van der Waals surface area contributed by atoms with Crippen LogP contribution in [-0.4, -0.2) is 113 Å². The van der Waals surface area contributed by atoms with Gasteiger partial charge in [0.25, 0.3) is 0 Å². The smallest absolute Gasteiger partial charge is 0.0226 e. The molecule has 0 spiro atoms. The lowest BCUT2D eigenvalue weighted by molar-refractivity contribution is 1.11. The van der Waals surface area contributed by atoms with Crippen molar-refractivity contribution >= 4 is 172 Å². The number of thioether (sulfide) groups is 6. The molecule has 0 aliphatic carbocycles. The predicted molar refractivity (Wildman–Crippen MR) is 210 cm³/mol. The minimum Gasteiger partial charge on any atom is -0.179 e. The quantitative estimate of drug-likeness (QED) is 0.0386. The van der Waals surface area contributed by atoms with Gasteiger partial charge in [0.1, 0.15) is 0 Å². The fourth-order valence-electron chi connectivity index (χ4n) is 2.10. The zero-order valence-corrected chi connectivity index (χ0v) is 31.7. The molecule has 0 rings (SSSR count). The van der Waals surface area contributed by atoms with E-state index in [9.17, 15) is 0 Å².